The molecule has 0 spiro atoms. The Kier molecular flexibility index (Phi) is 8.09. The molecule has 0 radical (unpaired) electrons. The fourth-order valence-electron chi connectivity index (χ4n) is 9.28. The molecule has 0 fully saturated rings. The zero-order valence-corrected chi connectivity index (χ0v) is 33.4. The molecule has 62 heavy (non-hydrogen) atoms. The Morgan fingerprint density at radius 2 is 0.903 bits per heavy atom. The van der Waals surface area contributed by atoms with E-state index in [4.69, 9.17) is 25.8 Å². The maximum absolute atomic E-state index is 8.92. The molecular formula is C57H35N5. The maximum Gasteiger partial charge on any atom is 0.161 e. The SMILES string of the molecule is N=C1C=Cc2c(-c3ccccc3)nc3cc(-c4ccc(-c5cc(-c6cc7ccccc7c7ccccc67)nc(-c6cc7ccccc7c7ccccc67)n5)cc4)ccc3c2C1=N. The summed E-state index contributed by atoms with van der Waals surface area (Å²) in [7, 11) is 0. The van der Waals surface area contributed by atoms with Crippen LogP contribution in [-0.4, -0.2) is 26.4 Å². The molecule has 1 aliphatic rings. The highest BCUT2D eigenvalue weighted by molar-refractivity contribution is 6.54. The number of hydrogen-bond donors (Lipinski definition) is 2. The normalized spacial score (nSPS) is 12.5. The van der Waals surface area contributed by atoms with E-state index in [2.05, 4.69) is 152 Å². The van der Waals surface area contributed by atoms with E-state index >= 15 is 0 Å². The molecule has 0 saturated carbocycles. The van der Waals surface area contributed by atoms with E-state index in [1.165, 1.54) is 21.5 Å². The molecule has 288 valence electrons. The van der Waals surface area contributed by atoms with Crippen molar-refractivity contribution < 1.29 is 0 Å². The van der Waals surface area contributed by atoms with Gasteiger partial charge in [-0.25, -0.2) is 15.0 Å². The van der Waals surface area contributed by atoms with Gasteiger partial charge in [0.2, 0.25) is 0 Å². The Morgan fingerprint density at radius 1 is 0.355 bits per heavy atom. The minimum atomic E-state index is 0.197. The van der Waals surface area contributed by atoms with Crippen molar-refractivity contribution in [2.45, 2.75) is 0 Å². The van der Waals surface area contributed by atoms with Crippen molar-refractivity contribution in [1.29, 1.82) is 10.8 Å². The fourth-order valence-corrected chi connectivity index (χ4v) is 9.28. The Morgan fingerprint density at radius 3 is 1.60 bits per heavy atom. The van der Waals surface area contributed by atoms with Gasteiger partial charge in [0.15, 0.2) is 5.82 Å². The van der Waals surface area contributed by atoms with Gasteiger partial charge < -0.3 is 0 Å². The summed E-state index contributed by atoms with van der Waals surface area (Å²) in [5, 5.41) is 27.6. The van der Waals surface area contributed by atoms with Crippen LogP contribution in [0.25, 0.3) is 116 Å². The lowest BCUT2D eigenvalue weighted by Gasteiger charge is -2.19. The zero-order valence-electron chi connectivity index (χ0n) is 33.4. The van der Waals surface area contributed by atoms with Crippen LogP contribution in [0, 0.1) is 10.8 Å². The Labute approximate surface area is 357 Å². The van der Waals surface area contributed by atoms with Crippen molar-refractivity contribution in [2.24, 2.45) is 0 Å². The number of fused-ring (bicyclic) bond motifs is 9. The minimum absolute atomic E-state index is 0.197. The summed E-state index contributed by atoms with van der Waals surface area (Å²) >= 11 is 0. The van der Waals surface area contributed by atoms with Gasteiger partial charge in [-0.15, -0.1) is 0 Å². The fraction of sp³-hybridized carbons (Fsp3) is 0. The molecule has 0 saturated heterocycles. The van der Waals surface area contributed by atoms with Gasteiger partial charge in [0.05, 0.1) is 34.0 Å². The first kappa shape index (κ1) is 35.5. The number of hydrogen-bond acceptors (Lipinski definition) is 5. The molecule has 2 N–H and O–H groups in total. The summed E-state index contributed by atoms with van der Waals surface area (Å²) in [5.41, 5.74) is 11.4. The number of nitrogens with one attached hydrogen (secondary N) is 2. The molecule has 2 heterocycles. The summed E-state index contributed by atoms with van der Waals surface area (Å²) < 4.78 is 0. The third-order valence-corrected chi connectivity index (χ3v) is 12.3. The average molecular weight is 790 g/mol. The molecule has 12 rings (SSSR count). The highest BCUT2D eigenvalue weighted by Crippen LogP contribution is 2.40. The summed E-state index contributed by atoms with van der Waals surface area (Å²) in [5.74, 6) is 0.674. The summed E-state index contributed by atoms with van der Waals surface area (Å²) in [4.78, 5) is 16.0. The molecule has 1 aliphatic carbocycles. The van der Waals surface area contributed by atoms with Crippen molar-refractivity contribution in [3.05, 3.63) is 205 Å². The van der Waals surface area contributed by atoms with Gasteiger partial charge in [-0.1, -0.05) is 164 Å². The molecule has 0 unspecified atom stereocenters. The van der Waals surface area contributed by atoms with E-state index < -0.39 is 0 Å². The van der Waals surface area contributed by atoms with E-state index in [1.807, 2.05) is 42.5 Å². The second kappa shape index (κ2) is 14.1. The lowest BCUT2D eigenvalue weighted by molar-refractivity contribution is 1.19. The molecule has 5 nitrogen and oxygen atoms in total. The van der Waals surface area contributed by atoms with E-state index in [1.54, 1.807) is 6.08 Å². The second-order valence-electron chi connectivity index (χ2n) is 15.9. The zero-order chi connectivity index (χ0) is 41.3. The highest BCUT2D eigenvalue weighted by Gasteiger charge is 2.23. The second-order valence-corrected chi connectivity index (χ2v) is 15.9. The topological polar surface area (TPSA) is 86.4 Å². The van der Waals surface area contributed by atoms with Gasteiger partial charge >= 0.3 is 0 Å². The third kappa shape index (κ3) is 5.75. The molecule has 11 aromatic rings. The minimum Gasteiger partial charge on any atom is -0.299 e. The molecule has 0 atom stereocenters. The summed E-state index contributed by atoms with van der Waals surface area (Å²) in [6, 6.07) is 65.8. The molecule has 5 heteroatoms. The molecule has 0 bridgehead atoms. The van der Waals surface area contributed by atoms with Crippen molar-refractivity contribution in [1.82, 2.24) is 15.0 Å². The smallest absolute Gasteiger partial charge is 0.161 e. The van der Waals surface area contributed by atoms with E-state index in [0.717, 1.165) is 94.0 Å². The monoisotopic (exact) mass is 789 g/mol. The van der Waals surface area contributed by atoms with Crippen LogP contribution in [0.3, 0.4) is 0 Å². The first-order chi connectivity index (χ1) is 30.6. The Balaban J connectivity index is 1.03. The van der Waals surface area contributed by atoms with Crippen molar-refractivity contribution in [3.63, 3.8) is 0 Å². The maximum atomic E-state index is 8.92. The summed E-state index contributed by atoms with van der Waals surface area (Å²) in [6.07, 6.45) is 3.62. The van der Waals surface area contributed by atoms with Crippen molar-refractivity contribution >= 4 is 71.5 Å². The van der Waals surface area contributed by atoms with Crippen LogP contribution in [0.15, 0.2) is 194 Å². The molecule has 2 aromatic heterocycles. The molecular weight excluding hydrogens is 755 g/mol. The number of pyridine rings is 1. The quantitative estimate of drug-likeness (QED) is 0.170. The number of allylic oxidation sites excluding steroid dienone is 1. The van der Waals surface area contributed by atoms with E-state index in [0.29, 0.717) is 5.82 Å². The van der Waals surface area contributed by atoms with E-state index in [-0.39, 0.29) is 11.4 Å². The van der Waals surface area contributed by atoms with Crippen LogP contribution in [0.2, 0.25) is 0 Å². The number of aromatic nitrogens is 3. The van der Waals surface area contributed by atoms with Crippen LogP contribution in [-0.2, 0) is 0 Å². The number of nitrogens with zero attached hydrogens (tertiary/aromatic N) is 3. The van der Waals surface area contributed by atoms with Gasteiger partial charge in [-0.2, -0.15) is 0 Å². The first-order valence-corrected chi connectivity index (χ1v) is 20.8. The van der Waals surface area contributed by atoms with Crippen LogP contribution < -0.4 is 0 Å². The van der Waals surface area contributed by atoms with Gasteiger partial charge in [0.1, 0.15) is 0 Å². The van der Waals surface area contributed by atoms with Crippen LogP contribution in [0.4, 0.5) is 0 Å². The van der Waals surface area contributed by atoms with Gasteiger partial charge in [-0.05, 0) is 90.6 Å². The third-order valence-electron chi connectivity index (χ3n) is 12.3. The molecule has 0 amide bonds. The Bertz CT molecular complexity index is 3580. The van der Waals surface area contributed by atoms with Crippen molar-refractivity contribution in [2.75, 3.05) is 0 Å². The number of rotatable bonds is 5. The van der Waals surface area contributed by atoms with Crippen LogP contribution in [0.1, 0.15) is 11.1 Å². The van der Waals surface area contributed by atoms with Gasteiger partial charge in [0, 0.05) is 38.8 Å². The first-order valence-electron chi connectivity index (χ1n) is 20.8. The Hall–Kier alpha value is -8.41. The molecule has 9 aromatic carbocycles. The predicted molar refractivity (Wildman–Crippen MR) is 258 cm³/mol. The standard InChI is InChI=1S/C57H35N5/c58-50-29-28-47-54(55(50)59)46-27-26-37(32-52(46)60-56(47)36-12-2-1-3-13-36)34-22-24-35(25-23-34)51-33-53(48-30-38-14-4-6-16-40(38)42-18-8-10-20-44(42)48)62-57(61-51)49-31-39-15-5-7-17-41(39)43-19-9-11-21-45(43)49/h1-33,58-59H. The number of benzene rings is 9. The van der Waals surface area contributed by atoms with Gasteiger partial charge in [0.25, 0.3) is 0 Å². The lowest BCUT2D eigenvalue weighted by Crippen LogP contribution is -2.17. The van der Waals surface area contributed by atoms with E-state index in [9.17, 15) is 0 Å². The van der Waals surface area contributed by atoms with Crippen LogP contribution in [0.5, 0.6) is 0 Å². The largest absolute Gasteiger partial charge is 0.299 e. The lowest BCUT2D eigenvalue weighted by atomic mass is 9.87. The van der Waals surface area contributed by atoms with Crippen molar-refractivity contribution in [3.8, 4) is 56.3 Å². The predicted octanol–water partition coefficient (Wildman–Crippen LogP) is 14.4. The highest BCUT2D eigenvalue weighted by atomic mass is 14.9. The van der Waals surface area contributed by atoms with Crippen LogP contribution >= 0.6 is 0 Å². The van der Waals surface area contributed by atoms with Gasteiger partial charge in [-0.3, -0.25) is 10.8 Å². The average Bonchev–Trinajstić information content (AvgIpc) is 3.34. The summed E-state index contributed by atoms with van der Waals surface area (Å²) in [6.45, 7) is 0. The molecule has 0 aliphatic heterocycles.